The van der Waals surface area contributed by atoms with Gasteiger partial charge in [0.15, 0.2) is 11.5 Å². The molecule has 2 aromatic carbocycles. The summed E-state index contributed by atoms with van der Waals surface area (Å²) in [7, 11) is 0. The summed E-state index contributed by atoms with van der Waals surface area (Å²) in [6, 6.07) is 10.3. The molecule has 0 atom stereocenters. The summed E-state index contributed by atoms with van der Waals surface area (Å²) >= 11 is 0. The van der Waals surface area contributed by atoms with Gasteiger partial charge in [-0.1, -0.05) is 18.2 Å². The third-order valence-electron chi connectivity index (χ3n) is 3.21. The Kier molecular flexibility index (Phi) is 3.23. The first kappa shape index (κ1) is 13.0. The lowest BCUT2D eigenvalue weighted by Gasteiger charge is -2.10. The van der Waals surface area contributed by atoms with Gasteiger partial charge in [-0.15, -0.1) is 0 Å². The van der Waals surface area contributed by atoms with E-state index in [1.807, 2.05) is 18.2 Å². The standard InChI is InChI=1S/C14H13N3O4/c15-10-4-2-1-3-9(10)7-16-11-5-13-14(21-8-20-13)6-12(11)17(18)19/h1-6,16H,7-8,15H2. The molecule has 2 aromatic rings. The minimum Gasteiger partial charge on any atom is -0.454 e. The van der Waals surface area contributed by atoms with Crippen molar-refractivity contribution in [3.05, 3.63) is 52.1 Å². The minimum atomic E-state index is -0.460. The van der Waals surface area contributed by atoms with Crippen molar-refractivity contribution < 1.29 is 14.4 Å². The van der Waals surface area contributed by atoms with Crippen LogP contribution in [0.15, 0.2) is 36.4 Å². The number of benzene rings is 2. The van der Waals surface area contributed by atoms with Crippen molar-refractivity contribution in [3.8, 4) is 11.5 Å². The predicted molar refractivity (Wildman–Crippen MR) is 77.4 cm³/mol. The molecule has 7 heteroatoms. The van der Waals surface area contributed by atoms with Gasteiger partial charge in [0.1, 0.15) is 5.69 Å². The number of ether oxygens (including phenoxy) is 2. The molecule has 3 N–H and O–H groups in total. The van der Waals surface area contributed by atoms with E-state index < -0.39 is 4.92 Å². The zero-order valence-electron chi connectivity index (χ0n) is 11.0. The Morgan fingerprint density at radius 3 is 2.67 bits per heavy atom. The number of nitro groups is 1. The van der Waals surface area contributed by atoms with Crippen LogP contribution in [-0.2, 0) is 6.54 Å². The number of fused-ring (bicyclic) bond motifs is 1. The molecule has 21 heavy (non-hydrogen) atoms. The Hall–Kier alpha value is -2.96. The van der Waals surface area contributed by atoms with Crippen LogP contribution in [0.4, 0.5) is 17.1 Å². The fourth-order valence-corrected chi connectivity index (χ4v) is 2.11. The van der Waals surface area contributed by atoms with Gasteiger partial charge < -0.3 is 20.5 Å². The molecule has 3 rings (SSSR count). The zero-order valence-corrected chi connectivity index (χ0v) is 11.0. The highest BCUT2D eigenvalue weighted by molar-refractivity contribution is 5.69. The van der Waals surface area contributed by atoms with Gasteiger partial charge in [0.05, 0.1) is 11.0 Å². The summed E-state index contributed by atoms with van der Waals surface area (Å²) in [4.78, 5) is 10.7. The van der Waals surface area contributed by atoms with Gasteiger partial charge in [-0.25, -0.2) is 0 Å². The van der Waals surface area contributed by atoms with Crippen LogP contribution >= 0.6 is 0 Å². The van der Waals surface area contributed by atoms with Crippen molar-refractivity contribution in [3.63, 3.8) is 0 Å². The molecule has 1 heterocycles. The maximum absolute atomic E-state index is 11.1. The van der Waals surface area contributed by atoms with E-state index in [9.17, 15) is 10.1 Å². The smallest absolute Gasteiger partial charge is 0.296 e. The minimum absolute atomic E-state index is 0.0613. The topological polar surface area (TPSA) is 99.7 Å². The molecule has 0 amide bonds. The van der Waals surface area contributed by atoms with E-state index in [0.717, 1.165) is 5.56 Å². The van der Waals surface area contributed by atoms with Crippen LogP contribution in [0.3, 0.4) is 0 Å². The first-order valence-electron chi connectivity index (χ1n) is 6.30. The van der Waals surface area contributed by atoms with Crippen molar-refractivity contribution in [2.45, 2.75) is 6.54 Å². The lowest BCUT2D eigenvalue weighted by atomic mass is 10.1. The number of nitrogens with one attached hydrogen (secondary N) is 1. The van der Waals surface area contributed by atoms with E-state index in [2.05, 4.69) is 5.32 Å². The molecule has 0 spiro atoms. The number of nitrogens with zero attached hydrogens (tertiary/aromatic N) is 1. The summed E-state index contributed by atoms with van der Waals surface area (Å²) in [5.41, 5.74) is 7.66. The Bertz CT molecular complexity index is 703. The van der Waals surface area contributed by atoms with E-state index in [1.165, 1.54) is 6.07 Å². The fraction of sp³-hybridized carbons (Fsp3) is 0.143. The number of hydrogen-bond donors (Lipinski definition) is 2. The van der Waals surface area contributed by atoms with E-state index >= 15 is 0 Å². The number of anilines is 2. The maximum atomic E-state index is 11.1. The number of nitro benzene ring substituents is 1. The molecule has 1 aliphatic heterocycles. The second-order valence-corrected chi connectivity index (χ2v) is 4.53. The molecule has 0 aliphatic carbocycles. The average Bonchev–Trinajstić information content (AvgIpc) is 2.92. The van der Waals surface area contributed by atoms with Crippen molar-refractivity contribution in [1.82, 2.24) is 0 Å². The monoisotopic (exact) mass is 287 g/mol. The second kappa shape index (κ2) is 5.20. The van der Waals surface area contributed by atoms with Crippen LogP contribution in [0.1, 0.15) is 5.56 Å². The molecule has 0 saturated carbocycles. The van der Waals surface area contributed by atoms with Gasteiger partial charge in [0.25, 0.3) is 5.69 Å². The summed E-state index contributed by atoms with van der Waals surface area (Å²) in [5, 5.41) is 14.2. The Morgan fingerprint density at radius 1 is 1.24 bits per heavy atom. The molecule has 108 valence electrons. The highest BCUT2D eigenvalue weighted by atomic mass is 16.7. The Labute approximate surface area is 120 Å². The summed E-state index contributed by atoms with van der Waals surface area (Å²) in [6.07, 6.45) is 0. The molecule has 7 nitrogen and oxygen atoms in total. The van der Waals surface area contributed by atoms with Gasteiger partial charge in [0, 0.05) is 18.3 Å². The predicted octanol–water partition coefficient (Wildman–Crippen LogP) is 2.52. The van der Waals surface area contributed by atoms with Crippen LogP contribution in [0, 0.1) is 10.1 Å². The molecule has 0 saturated heterocycles. The van der Waals surface area contributed by atoms with E-state index in [0.29, 0.717) is 29.4 Å². The van der Waals surface area contributed by atoms with Crippen LogP contribution in [0.5, 0.6) is 11.5 Å². The van der Waals surface area contributed by atoms with Crippen molar-refractivity contribution in [2.24, 2.45) is 0 Å². The van der Waals surface area contributed by atoms with Crippen molar-refractivity contribution >= 4 is 17.1 Å². The Balaban J connectivity index is 1.88. The first-order chi connectivity index (χ1) is 10.1. The molecule has 1 aliphatic rings. The lowest BCUT2D eigenvalue weighted by Crippen LogP contribution is -2.05. The normalized spacial score (nSPS) is 12.2. The molecular weight excluding hydrogens is 274 g/mol. The van der Waals surface area contributed by atoms with Crippen LogP contribution in [0.25, 0.3) is 0 Å². The number of nitrogens with two attached hydrogens (primary N) is 1. The number of nitrogen functional groups attached to an aromatic ring is 1. The number of hydrogen-bond acceptors (Lipinski definition) is 6. The van der Waals surface area contributed by atoms with Gasteiger partial charge in [-0.2, -0.15) is 0 Å². The van der Waals surface area contributed by atoms with Gasteiger partial charge >= 0.3 is 0 Å². The number of rotatable bonds is 4. The molecule has 0 aromatic heterocycles. The molecule has 0 bridgehead atoms. The summed E-state index contributed by atoms with van der Waals surface area (Å²) in [6.45, 7) is 0.453. The summed E-state index contributed by atoms with van der Waals surface area (Å²) in [5.74, 6) is 0.871. The van der Waals surface area contributed by atoms with Crippen LogP contribution < -0.4 is 20.5 Å². The van der Waals surface area contributed by atoms with Crippen molar-refractivity contribution in [1.29, 1.82) is 0 Å². The van der Waals surface area contributed by atoms with E-state index in [1.54, 1.807) is 12.1 Å². The SMILES string of the molecule is Nc1ccccc1CNc1cc2c(cc1[N+](=O)[O-])OCO2. The quantitative estimate of drug-likeness (QED) is 0.509. The summed E-state index contributed by atoms with van der Waals surface area (Å²) < 4.78 is 10.4. The molecular formula is C14H13N3O4. The van der Waals surface area contributed by atoms with Gasteiger partial charge in [0.2, 0.25) is 6.79 Å². The third kappa shape index (κ3) is 2.53. The Morgan fingerprint density at radius 2 is 1.95 bits per heavy atom. The molecule has 0 radical (unpaired) electrons. The average molecular weight is 287 g/mol. The highest BCUT2D eigenvalue weighted by Gasteiger charge is 2.23. The maximum Gasteiger partial charge on any atom is 0.296 e. The van der Waals surface area contributed by atoms with E-state index in [-0.39, 0.29) is 12.5 Å². The van der Waals surface area contributed by atoms with Crippen LogP contribution in [-0.4, -0.2) is 11.7 Å². The van der Waals surface area contributed by atoms with Crippen molar-refractivity contribution in [2.75, 3.05) is 17.8 Å². The van der Waals surface area contributed by atoms with Crippen LogP contribution in [0.2, 0.25) is 0 Å². The van der Waals surface area contributed by atoms with E-state index in [4.69, 9.17) is 15.2 Å². The fourth-order valence-electron chi connectivity index (χ4n) is 2.11. The third-order valence-corrected chi connectivity index (χ3v) is 3.21. The molecule has 0 unspecified atom stereocenters. The largest absolute Gasteiger partial charge is 0.454 e. The highest BCUT2D eigenvalue weighted by Crippen LogP contribution is 2.40. The number of para-hydroxylation sites is 1. The molecule has 0 fully saturated rings. The first-order valence-corrected chi connectivity index (χ1v) is 6.30. The van der Waals surface area contributed by atoms with Gasteiger partial charge in [-0.05, 0) is 11.6 Å². The van der Waals surface area contributed by atoms with Gasteiger partial charge in [-0.3, -0.25) is 10.1 Å². The zero-order chi connectivity index (χ0) is 14.8. The second-order valence-electron chi connectivity index (χ2n) is 4.53. The lowest BCUT2D eigenvalue weighted by molar-refractivity contribution is -0.384.